The molecule has 4 aromatic rings. The van der Waals surface area contributed by atoms with E-state index < -0.39 is 6.04 Å². The van der Waals surface area contributed by atoms with Crippen LogP contribution in [-0.2, 0) is 11.8 Å². The first kappa shape index (κ1) is 22.8. The Bertz CT molecular complexity index is 1280. The largest absolute Gasteiger partial charge is 0.309 e. The van der Waals surface area contributed by atoms with E-state index >= 15 is 0 Å². The van der Waals surface area contributed by atoms with Gasteiger partial charge in [0.15, 0.2) is 0 Å². The molecule has 2 aromatic heterocycles. The number of hydrogen-bond donors (Lipinski definition) is 2. The normalized spacial score (nSPS) is 12.5. The summed E-state index contributed by atoms with van der Waals surface area (Å²) in [5, 5.41) is 23.7. The van der Waals surface area contributed by atoms with Crippen LogP contribution in [0.15, 0.2) is 79.1 Å². The Morgan fingerprint density at radius 1 is 1.03 bits per heavy atom. The minimum Gasteiger partial charge on any atom is -0.309 e. The quantitative estimate of drug-likeness (QED) is 0.422. The van der Waals surface area contributed by atoms with Gasteiger partial charge in [-0.25, -0.2) is 4.98 Å². The number of hydrogen-bond acceptors (Lipinski definition) is 6. The van der Waals surface area contributed by atoms with Crippen molar-refractivity contribution in [3.05, 3.63) is 95.8 Å². The Morgan fingerprint density at radius 3 is 2.41 bits per heavy atom. The summed E-state index contributed by atoms with van der Waals surface area (Å²) in [5.74, 6) is 0.412. The Labute approximate surface area is 198 Å². The number of amides is 1. The zero-order chi connectivity index (χ0) is 23.9. The highest BCUT2D eigenvalue weighted by Gasteiger charge is 2.22. The van der Waals surface area contributed by atoms with E-state index in [1.54, 1.807) is 25.5 Å². The highest BCUT2D eigenvalue weighted by atomic mass is 16.2. The number of anilines is 1. The molecule has 0 aliphatic heterocycles. The SMILES string of the molecule is C[C@@H](CN[C@H](C(=O)Nc1ccc(-c2cnn(C)n2)cn1)c1ccccc1)c1ccc(C#N)cc1. The smallest absolute Gasteiger partial charge is 0.247 e. The Hall–Kier alpha value is -4.35. The van der Waals surface area contributed by atoms with E-state index in [0.717, 1.165) is 16.7 Å². The minimum absolute atomic E-state index is 0.149. The van der Waals surface area contributed by atoms with Gasteiger partial charge in [0.25, 0.3) is 0 Å². The number of nitrogens with zero attached hydrogens (tertiary/aromatic N) is 5. The summed E-state index contributed by atoms with van der Waals surface area (Å²) >= 11 is 0. The first-order valence-electron chi connectivity index (χ1n) is 11.0. The zero-order valence-electron chi connectivity index (χ0n) is 19.0. The van der Waals surface area contributed by atoms with Crippen molar-refractivity contribution in [3.8, 4) is 17.3 Å². The van der Waals surface area contributed by atoms with Gasteiger partial charge in [0, 0.05) is 25.4 Å². The number of nitrogens with one attached hydrogen (secondary N) is 2. The van der Waals surface area contributed by atoms with E-state index in [1.807, 2.05) is 60.7 Å². The number of aryl methyl sites for hydroxylation is 1. The predicted octanol–water partition coefficient (Wildman–Crippen LogP) is 3.82. The van der Waals surface area contributed by atoms with E-state index in [4.69, 9.17) is 5.26 Å². The molecule has 170 valence electrons. The number of aromatic nitrogens is 4. The topological polar surface area (TPSA) is 109 Å². The van der Waals surface area contributed by atoms with Crippen molar-refractivity contribution in [1.82, 2.24) is 25.3 Å². The third kappa shape index (κ3) is 5.52. The average Bonchev–Trinajstić information content (AvgIpc) is 3.31. The van der Waals surface area contributed by atoms with Crippen LogP contribution in [0.5, 0.6) is 0 Å². The number of carbonyl (C=O) groups is 1. The van der Waals surface area contributed by atoms with Crippen molar-refractivity contribution >= 4 is 11.7 Å². The van der Waals surface area contributed by atoms with Crippen LogP contribution in [-0.4, -0.2) is 32.4 Å². The molecular weight excluding hydrogens is 426 g/mol. The van der Waals surface area contributed by atoms with Crippen LogP contribution >= 0.6 is 0 Å². The van der Waals surface area contributed by atoms with Crippen LogP contribution in [0.2, 0.25) is 0 Å². The van der Waals surface area contributed by atoms with Crippen LogP contribution in [0.4, 0.5) is 5.82 Å². The molecule has 2 atom stereocenters. The van der Waals surface area contributed by atoms with Gasteiger partial charge in [0.2, 0.25) is 5.91 Å². The fourth-order valence-corrected chi connectivity index (χ4v) is 3.60. The summed E-state index contributed by atoms with van der Waals surface area (Å²) in [4.78, 5) is 19.1. The second-order valence-electron chi connectivity index (χ2n) is 8.03. The maximum atomic E-state index is 13.2. The second-order valence-corrected chi connectivity index (χ2v) is 8.03. The first-order valence-corrected chi connectivity index (χ1v) is 11.0. The molecule has 0 saturated carbocycles. The maximum Gasteiger partial charge on any atom is 0.247 e. The third-order valence-corrected chi connectivity index (χ3v) is 5.54. The highest BCUT2D eigenvalue weighted by molar-refractivity contribution is 5.94. The molecule has 34 heavy (non-hydrogen) atoms. The summed E-state index contributed by atoms with van der Waals surface area (Å²) in [6.07, 6.45) is 3.33. The Morgan fingerprint density at radius 2 is 1.79 bits per heavy atom. The lowest BCUT2D eigenvalue weighted by Gasteiger charge is -2.21. The van der Waals surface area contributed by atoms with Crippen LogP contribution in [0.1, 0.15) is 35.6 Å². The number of benzene rings is 2. The maximum absolute atomic E-state index is 13.2. The van der Waals surface area contributed by atoms with Crippen LogP contribution in [0, 0.1) is 11.3 Å². The number of rotatable bonds is 8. The molecule has 4 rings (SSSR count). The minimum atomic E-state index is -0.552. The molecule has 0 radical (unpaired) electrons. The van der Waals surface area contributed by atoms with Crippen molar-refractivity contribution in [1.29, 1.82) is 5.26 Å². The summed E-state index contributed by atoms with van der Waals surface area (Å²) in [7, 11) is 1.75. The number of nitriles is 1. The van der Waals surface area contributed by atoms with Gasteiger partial charge < -0.3 is 10.6 Å². The molecule has 8 heteroatoms. The van der Waals surface area contributed by atoms with Gasteiger partial charge in [0.1, 0.15) is 17.6 Å². The second kappa shape index (κ2) is 10.5. The fourth-order valence-electron chi connectivity index (χ4n) is 3.60. The van der Waals surface area contributed by atoms with E-state index in [0.29, 0.717) is 23.6 Å². The van der Waals surface area contributed by atoms with E-state index in [9.17, 15) is 4.79 Å². The molecule has 0 fully saturated rings. The molecule has 2 aromatic carbocycles. The third-order valence-electron chi connectivity index (χ3n) is 5.54. The molecule has 0 aliphatic carbocycles. The van der Waals surface area contributed by atoms with E-state index in [-0.39, 0.29) is 11.8 Å². The van der Waals surface area contributed by atoms with Crippen LogP contribution in [0.25, 0.3) is 11.3 Å². The van der Waals surface area contributed by atoms with Gasteiger partial charge in [-0.15, -0.1) is 0 Å². The van der Waals surface area contributed by atoms with Gasteiger partial charge in [-0.2, -0.15) is 20.3 Å². The lowest BCUT2D eigenvalue weighted by Crippen LogP contribution is -2.35. The highest BCUT2D eigenvalue weighted by Crippen LogP contribution is 2.21. The first-order chi connectivity index (χ1) is 16.5. The van der Waals surface area contributed by atoms with E-state index in [2.05, 4.69) is 38.8 Å². The summed E-state index contributed by atoms with van der Waals surface area (Å²) in [5.41, 5.74) is 4.13. The van der Waals surface area contributed by atoms with Crippen molar-refractivity contribution in [3.63, 3.8) is 0 Å². The molecule has 0 aliphatic rings. The molecule has 8 nitrogen and oxygen atoms in total. The van der Waals surface area contributed by atoms with Crippen molar-refractivity contribution in [2.24, 2.45) is 7.05 Å². The van der Waals surface area contributed by atoms with E-state index in [1.165, 1.54) is 4.80 Å². The van der Waals surface area contributed by atoms with Crippen molar-refractivity contribution in [2.75, 3.05) is 11.9 Å². The van der Waals surface area contributed by atoms with Gasteiger partial charge in [-0.05, 0) is 41.3 Å². The molecule has 2 N–H and O–H groups in total. The van der Waals surface area contributed by atoms with Gasteiger partial charge in [0.05, 0.1) is 17.8 Å². The summed E-state index contributed by atoms with van der Waals surface area (Å²) < 4.78 is 0. The van der Waals surface area contributed by atoms with Gasteiger partial charge in [-0.1, -0.05) is 49.4 Å². The monoisotopic (exact) mass is 451 g/mol. The summed E-state index contributed by atoms with van der Waals surface area (Å²) in [6.45, 7) is 2.67. The molecule has 0 saturated heterocycles. The van der Waals surface area contributed by atoms with Crippen LogP contribution < -0.4 is 10.6 Å². The number of carbonyl (C=O) groups excluding carboxylic acids is 1. The van der Waals surface area contributed by atoms with Crippen LogP contribution in [0.3, 0.4) is 0 Å². The molecule has 1 amide bonds. The van der Waals surface area contributed by atoms with Gasteiger partial charge in [-0.3, -0.25) is 4.79 Å². The van der Waals surface area contributed by atoms with Crippen molar-refractivity contribution < 1.29 is 4.79 Å². The predicted molar refractivity (Wildman–Crippen MR) is 130 cm³/mol. The molecule has 2 heterocycles. The average molecular weight is 452 g/mol. The van der Waals surface area contributed by atoms with Gasteiger partial charge >= 0.3 is 0 Å². The standard InChI is InChI=1S/C26H25N7O/c1-18(20-10-8-19(14-27)9-11-20)15-29-25(21-6-4-3-5-7-21)26(34)31-24-13-12-22(16-28-24)23-17-30-33(2)32-23/h3-13,16-18,25,29H,15H2,1-2H3,(H,28,31,34)/t18-,25-/m0/s1. The Balaban J connectivity index is 1.46. The summed E-state index contributed by atoms with van der Waals surface area (Å²) in [6, 6.07) is 22.3. The molecular formula is C26H25N7O. The lowest BCUT2D eigenvalue weighted by atomic mass is 9.98. The zero-order valence-corrected chi connectivity index (χ0v) is 19.0. The molecule has 0 spiro atoms. The fraction of sp³-hybridized carbons (Fsp3) is 0.192. The molecule has 0 bridgehead atoms. The Kier molecular flexibility index (Phi) is 7.06. The van der Waals surface area contributed by atoms with Crippen molar-refractivity contribution in [2.45, 2.75) is 18.9 Å². The molecule has 0 unspecified atom stereocenters. The lowest BCUT2D eigenvalue weighted by molar-refractivity contribution is -0.118. The number of pyridine rings is 1.